The van der Waals surface area contributed by atoms with Gasteiger partial charge in [-0.25, -0.2) is 0 Å². The second-order valence-corrected chi connectivity index (χ2v) is 6.38. The number of likely N-dealkylation sites (tertiary alicyclic amines) is 1. The fourth-order valence-electron chi connectivity index (χ4n) is 3.21. The Morgan fingerprint density at radius 3 is 2.22 bits per heavy atom. The van der Waals surface area contributed by atoms with E-state index in [2.05, 4.69) is 4.90 Å². The first-order valence-corrected chi connectivity index (χ1v) is 8.11. The van der Waals surface area contributed by atoms with Crippen LogP contribution in [0.5, 0.6) is 0 Å². The Morgan fingerprint density at radius 1 is 1.00 bits per heavy atom. The fraction of sp³-hybridized carbons (Fsp3) is 0.368. The van der Waals surface area contributed by atoms with E-state index >= 15 is 0 Å². The predicted molar refractivity (Wildman–Crippen MR) is 91.8 cm³/mol. The van der Waals surface area contributed by atoms with E-state index in [1.165, 1.54) is 0 Å². The van der Waals surface area contributed by atoms with Gasteiger partial charge in [-0.15, -0.1) is 0 Å². The fourth-order valence-corrected chi connectivity index (χ4v) is 3.21. The van der Waals surface area contributed by atoms with Gasteiger partial charge in [0.15, 0.2) is 0 Å². The summed E-state index contributed by atoms with van der Waals surface area (Å²) in [5.74, 6) is 0. The first-order valence-electron chi connectivity index (χ1n) is 8.11. The molecule has 1 unspecified atom stereocenters. The van der Waals surface area contributed by atoms with Crippen molar-refractivity contribution in [3.8, 4) is 0 Å². The highest BCUT2D eigenvalue weighted by molar-refractivity contribution is 5.39. The summed E-state index contributed by atoms with van der Waals surface area (Å²) < 4.78 is 0. The number of aliphatic hydroxyl groups excluding tert-OH is 1. The van der Waals surface area contributed by atoms with Gasteiger partial charge in [-0.2, -0.15) is 0 Å². The molecular formula is C19H24N2O2. The highest BCUT2D eigenvalue weighted by Gasteiger charge is 2.34. The number of aliphatic hydroxyl groups is 2. The van der Waals surface area contributed by atoms with Crippen LogP contribution in [0, 0.1) is 0 Å². The molecular weight excluding hydrogens is 288 g/mol. The predicted octanol–water partition coefficient (Wildman–Crippen LogP) is 2.29. The van der Waals surface area contributed by atoms with Crippen molar-refractivity contribution in [2.75, 3.05) is 25.4 Å². The maximum absolute atomic E-state index is 10.8. The normalized spacial score (nSPS) is 19.4. The molecule has 1 saturated heterocycles. The van der Waals surface area contributed by atoms with Crippen LogP contribution < -0.4 is 5.73 Å². The molecule has 23 heavy (non-hydrogen) atoms. The van der Waals surface area contributed by atoms with E-state index < -0.39 is 11.7 Å². The standard InChI is InChI=1S/C19H24N2O2/c20-17-8-6-15(7-9-17)18(22)14-21-12-10-19(23,11-13-21)16-4-2-1-3-5-16/h1-9,18,22-23H,10-14,20H2. The molecule has 3 rings (SSSR count). The quantitative estimate of drug-likeness (QED) is 0.758. The summed E-state index contributed by atoms with van der Waals surface area (Å²) in [5, 5.41) is 21.2. The highest BCUT2D eigenvalue weighted by atomic mass is 16.3. The Labute approximate surface area is 137 Å². The molecule has 4 N–H and O–H groups in total. The van der Waals surface area contributed by atoms with Gasteiger partial charge in [0.05, 0.1) is 11.7 Å². The Hall–Kier alpha value is -1.88. The molecule has 0 spiro atoms. The second kappa shape index (κ2) is 6.71. The maximum Gasteiger partial charge on any atom is 0.0920 e. The van der Waals surface area contributed by atoms with Crippen LogP contribution in [0.3, 0.4) is 0 Å². The monoisotopic (exact) mass is 312 g/mol. The number of piperidine rings is 1. The number of nitrogens with zero attached hydrogens (tertiary/aromatic N) is 1. The van der Waals surface area contributed by atoms with Crippen LogP contribution in [-0.4, -0.2) is 34.7 Å². The van der Waals surface area contributed by atoms with Crippen molar-refractivity contribution in [3.63, 3.8) is 0 Å². The zero-order valence-corrected chi connectivity index (χ0v) is 13.2. The molecule has 0 saturated carbocycles. The number of rotatable bonds is 4. The number of nitrogens with two attached hydrogens (primary N) is 1. The number of anilines is 1. The molecule has 2 aromatic rings. The summed E-state index contributed by atoms with van der Waals surface area (Å²) in [6.45, 7) is 2.13. The molecule has 4 nitrogen and oxygen atoms in total. The van der Waals surface area contributed by atoms with Gasteiger partial charge in [0, 0.05) is 25.3 Å². The maximum atomic E-state index is 10.8. The van der Waals surface area contributed by atoms with Crippen molar-refractivity contribution in [2.45, 2.75) is 24.5 Å². The lowest BCUT2D eigenvalue weighted by Crippen LogP contribution is -2.43. The summed E-state index contributed by atoms with van der Waals surface area (Å²) in [5.41, 5.74) is 7.49. The highest BCUT2D eigenvalue weighted by Crippen LogP contribution is 2.33. The molecule has 2 aromatic carbocycles. The van der Waals surface area contributed by atoms with E-state index in [1.807, 2.05) is 54.6 Å². The van der Waals surface area contributed by atoms with Crippen LogP contribution in [0.4, 0.5) is 5.69 Å². The van der Waals surface area contributed by atoms with Gasteiger partial charge >= 0.3 is 0 Å². The summed E-state index contributed by atoms with van der Waals surface area (Å²) in [6, 6.07) is 17.2. The Bertz CT molecular complexity index is 620. The molecule has 1 fully saturated rings. The lowest BCUT2D eigenvalue weighted by atomic mass is 9.84. The summed E-state index contributed by atoms with van der Waals surface area (Å²) in [7, 11) is 0. The Kier molecular flexibility index (Phi) is 4.66. The van der Waals surface area contributed by atoms with E-state index in [9.17, 15) is 10.2 Å². The second-order valence-electron chi connectivity index (χ2n) is 6.38. The number of hydrogen-bond acceptors (Lipinski definition) is 4. The summed E-state index contributed by atoms with van der Waals surface area (Å²) >= 11 is 0. The van der Waals surface area contributed by atoms with Crippen LogP contribution in [0.15, 0.2) is 54.6 Å². The number of β-amino-alcohol motifs (C(OH)–C–C–N with tert-alkyl or cyclic N) is 1. The SMILES string of the molecule is Nc1ccc(C(O)CN2CCC(O)(c3ccccc3)CC2)cc1. The third-order valence-corrected chi connectivity index (χ3v) is 4.75. The van der Waals surface area contributed by atoms with Gasteiger partial charge in [-0.1, -0.05) is 42.5 Å². The molecule has 0 aliphatic carbocycles. The third kappa shape index (κ3) is 3.72. The van der Waals surface area contributed by atoms with Crippen LogP contribution in [-0.2, 0) is 5.60 Å². The van der Waals surface area contributed by atoms with Gasteiger partial charge < -0.3 is 20.8 Å². The summed E-state index contributed by atoms with van der Waals surface area (Å²) in [4.78, 5) is 2.21. The molecule has 0 aromatic heterocycles. The zero-order valence-electron chi connectivity index (χ0n) is 13.2. The zero-order chi connectivity index (χ0) is 16.3. The number of nitrogen functional groups attached to an aromatic ring is 1. The van der Waals surface area contributed by atoms with Gasteiger partial charge in [-0.05, 0) is 36.1 Å². The Morgan fingerprint density at radius 2 is 1.61 bits per heavy atom. The van der Waals surface area contributed by atoms with Crippen LogP contribution >= 0.6 is 0 Å². The lowest BCUT2D eigenvalue weighted by molar-refractivity contribution is -0.0344. The van der Waals surface area contributed by atoms with Crippen LogP contribution in [0.1, 0.15) is 30.1 Å². The first kappa shape index (κ1) is 16.0. The van der Waals surface area contributed by atoms with E-state index in [1.54, 1.807) is 0 Å². The average molecular weight is 312 g/mol. The van der Waals surface area contributed by atoms with Crippen molar-refractivity contribution >= 4 is 5.69 Å². The molecule has 1 atom stereocenters. The van der Waals surface area contributed by atoms with Gasteiger partial charge in [0.2, 0.25) is 0 Å². The van der Waals surface area contributed by atoms with Crippen molar-refractivity contribution in [2.24, 2.45) is 0 Å². The van der Waals surface area contributed by atoms with Crippen molar-refractivity contribution in [3.05, 3.63) is 65.7 Å². The van der Waals surface area contributed by atoms with Crippen molar-refractivity contribution < 1.29 is 10.2 Å². The van der Waals surface area contributed by atoms with Crippen molar-refractivity contribution in [1.29, 1.82) is 0 Å². The van der Waals surface area contributed by atoms with Crippen molar-refractivity contribution in [1.82, 2.24) is 4.90 Å². The number of hydrogen-bond donors (Lipinski definition) is 3. The average Bonchev–Trinajstić information content (AvgIpc) is 2.58. The molecule has 4 heteroatoms. The lowest BCUT2D eigenvalue weighted by Gasteiger charge is -2.39. The van der Waals surface area contributed by atoms with Gasteiger partial charge in [0.1, 0.15) is 0 Å². The minimum atomic E-state index is -0.746. The van der Waals surface area contributed by atoms with Gasteiger partial charge in [-0.3, -0.25) is 0 Å². The third-order valence-electron chi connectivity index (χ3n) is 4.75. The van der Waals surface area contributed by atoms with Crippen LogP contribution in [0.25, 0.3) is 0 Å². The summed E-state index contributed by atoms with van der Waals surface area (Å²) in [6.07, 6.45) is 0.843. The molecule has 122 valence electrons. The molecule has 0 amide bonds. The minimum Gasteiger partial charge on any atom is -0.399 e. The molecule has 1 aliphatic heterocycles. The molecule has 0 radical (unpaired) electrons. The Balaban J connectivity index is 1.58. The van der Waals surface area contributed by atoms with E-state index in [4.69, 9.17) is 5.73 Å². The van der Waals surface area contributed by atoms with E-state index in [0.717, 1.165) is 24.2 Å². The van der Waals surface area contributed by atoms with E-state index in [-0.39, 0.29) is 0 Å². The topological polar surface area (TPSA) is 69.7 Å². The smallest absolute Gasteiger partial charge is 0.0920 e. The van der Waals surface area contributed by atoms with E-state index in [0.29, 0.717) is 25.1 Å². The minimum absolute atomic E-state index is 0.529. The molecule has 0 bridgehead atoms. The first-order chi connectivity index (χ1) is 11.1. The molecule has 1 aliphatic rings. The number of benzene rings is 2. The van der Waals surface area contributed by atoms with Gasteiger partial charge in [0.25, 0.3) is 0 Å². The largest absolute Gasteiger partial charge is 0.399 e. The molecule has 1 heterocycles. The van der Waals surface area contributed by atoms with Crippen LogP contribution in [0.2, 0.25) is 0 Å².